The van der Waals surface area contributed by atoms with Gasteiger partial charge in [0.25, 0.3) is 5.56 Å². The smallest absolute Gasteiger partial charge is 0.261 e. The van der Waals surface area contributed by atoms with Gasteiger partial charge in [-0.15, -0.1) is 0 Å². The molecule has 0 bridgehead atoms. The second-order valence-corrected chi connectivity index (χ2v) is 4.75. The molecule has 100 valence electrons. The molecule has 0 saturated heterocycles. The number of pyridine rings is 1. The average Bonchev–Trinajstić information content (AvgIpc) is 2.42. The molecule has 0 atom stereocenters. The molecule has 0 radical (unpaired) electrons. The Bertz CT molecular complexity index is 869. The van der Waals surface area contributed by atoms with Crippen LogP contribution in [0.4, 0.5) is 0 Å². The number of fused-ring (bicyclic) bond motifs is 1. The molecule has 0 unspecified atom stereocenters. The average molecular weight is 267 g/mol. The number of aromatic amines is 1. The van der Waals surface area contributed by atoms with Gasteiger partial charge in [0, 0.05) is 12.4 Å². The number of H-pyrrole nitrogens is 1. The first-order valence-electron chi connectivity index (χ1n) is 6.21. The molecule has 0 aliphatic heterocycles. The third-order valence-electron chi connectivity index (χ3n) is 3.28. The number of rotatable bonds is 1. The molecule has 5 nitrogen and oxygen atoms in total. The van der Waals surface area contributed by atoms with Gasteiger partial charge in [0.15, 0.2) is 11.4 Å². The van der Waals surface area contributed by atoms with Gasteiger partial charge in [-0.2, -0.15) is 0 Å². The number of aromatic hydroxyl groups is 1. The lowest BCUT2D eigenvalue weighted by atomic mass is 9.98. The van der Waals surface area contributed by atoms with Crippen molar-refractivity contribution in [2.45, 2.75) is 13.8 Å². The fourth-order valence-corrected chi connectivity index (χ4v) is 2.25. The third-order valence-corrected chi connectivity index (χ3v) is 3.28. The monoisotopic (exact) mass is 267 g/mol. The van der Waals surface area contributed by atoms with Crippen LogP contribution in [0, 0.1) is 13.8 Å². The molecule has 0 aliphatic carbocycles. The maximum Gasteiger partial charge on any atom is 0.261 e. The lowest BCUT2D eigenvalue weighted by Crippen LogP contribution is -2.11. The molecule has 1 aromatic carbocycles. The highest BCUT2D eigenvalue weighted by atomic mass is 16.3. The first kappa shape index (κ1) is 12.3. The van der Waals surface area contributed by atoms with Crippen LogP contribution in [-0.2, 0) is 0 Å². The van der Waals surface area contributed by atoms with E-state index in [0.29, 0.717) is 11.1 Å². The Morgan fingerprint density at radius 2 is 1.90 bits per heavy atom. The van der Waals surface area contributed by atoms with Crippen molar-refractivity contribution in [2.75, 3.05) is 0 Å². The maximum absolute atomic E-state index is 12.2. The number of hydrogen-bond donors (Lipinski definition) is 2. The lowest BCUT2D eigenvalue weighted by molar-refractivity contribution is 0.481. The number of hydrogen-bond acceptors (Lipinski definition) is 4. The normalized spacial score (nSPS) is 10.9. The summed E-state index contributed by atoms with van der Waals surface area (Å²) in [6, 6.07) is 5.76. The fraction of sp³-hybridized carbons (Fsp3) is 0.133. The molecule has 3 rings (SSSR count). The Morgan fingerprint density at radius 1 is 1.15 bits per heavy atom. The van der Waals surface area contributed by atoms with E-state index >= 15 is 0 Å². The first-order chi connectivity index (χ1) is 9.58. The molecule has 0 spiro atoms. The minimum atomic E-state index is -0.371. The second-order valence-electron chi connectivity index (χ2n) is 4.75. The number of nitrogens with one attached hydrogen (secondary N) is 1. The molecular weight excluding hydrogens is 254 g/mol. The Kier molecular flexibility index (Phi) is 2.75. The summed E-state index contributed by atoms with van der Waals surface area (Å²) >= 11 is 0. The quantitative estimate of drug-likeness (QED) is 0.709. The van der Waals surface area contributed by atoms with Crippen LogP contribution in [0.3, 0.4) is 0 Å². The SMILES string of the molecule is Cc1ccc(C)c(-c2c(O)c3nccnc3[nH]c2=O)c1. The van der Waals surface area contributed by atoms with Crippen molar-refractivity contribution in [3.05, 3.63) is 52.1 Å². The molecule has 2 heterocycles. The van der Waals surface area contributed by atoms with Gasteiger partial charge >= 0.3 is 0 Å². The number of aromatic nitrogens is 3. The van der Waals surface area contributed by atoms with Crippen molar-refractivity contribution in [3.8, 4) is 16.9 Å². The number of nitrogens with zero attached hydrogens (tertiary/aromatic N) is 2. The molecule has 2 N–H and O–H groups in total. The van der Waals surface area contributed by atoms with E-state index in [-0.39, 0.29) is 22.5 Å². The minimum absolute atomic E-state index is 0.134. The molecule has 2 aromatic heterocycles. The zero-order valence-corrected chi connectivity index (χ0v) is 11.1. The summed E-state index contributed by atoms with van der Waals surface area (Å²) in [7, 11) is 0. The van der Waals surface area contributed by atoms with E-state index in [1.54, 1.807) is 0 Å². The highest BCUT2D eigenvalue weighted by molar-refractivity contribution is 5.87. The second kappa shape index (κ2) is 4.45. The summed E-state index contributed by atoms with van der Waals surface area (Å²) in [5.74, 6) is -0.134. The molecule has 0 aliphatic rings. The van der Waals surface area contributed by atoms with E-state index in [2.05, 4.69) is 15.0 Å². The van der Waals surface area contributed by atoms with E-state index < -0.39 is 0 Å². The van der Waals surface area contributed by atoms with Gasteiger partial charge in [-0.1, -0.05) is 23.8 Å². The third kappa shape index (κ3) is 1.84. The van der Waals surface area contributed by atoms with Crippen molar-refractivity contribution in [3.63, 3.8) is 0 Å². The van der Waals surface area contributed by atoms with Gasteiger partial charge in [-0.25, -0.2) is 9.97 Å². The molecular formula is C15H13N3O2. The van der Waals surface area contributed by atoms with Crippen molar-refractivity contribution >= 4 is 11.2 Å². The van der Waals surface area contributed by atoms with Crippen molar-refractivity contribution in [1.82, 2.24) is 15.0 Å². The highest BCUT2D eigenvalue weighted by Gasteiger charge is 2.16. The van der Waals surface area contributed by atoms with Gasteiger partial charge in [0.1, 0.15) is 5.52 Å². The van der Waals surface area contributed by atoms with E-state index in [4.69, 9.17) is 0 Å². The lowest BCUT2D eigenvalue weighted by Gasteiger charge is -2.09. The number of aryl methyl sites for hydroxylation is 2. The largest absolute Gasteiger partial charge is 0.505 e. The Hall–Kier alpha value is -2.69. The Balaban J connectivity index is 2.42. The van der Waals surface area contributed by atoms with Gasteiger partial charge in [-0.05, 0) is 25.0 Å². The topological polar surface area (TPSA) is 78.9 Å². The van der Waals surface area contributed by atoms with Gasteiger partial charge in [-0.3, -0.25) is 4.79 Å². The zero-order chi connectivity index (χ0) is 14.3. The molecule has 5 heteroatoms. The molecule has 20 heavy (non-hydrogen) atoms. The molecule has 0 saturated carbocycles. The van der Waals surface area contributed by atoms with Gasteiger partial charge in [0.05, 0.1) is 5.56 Å². The predicted octanol–water partition coefficient (Wildman–Crippen LogP) is 2.31. The van der Waals surface area contributed by atoms with Gasteiger partial charge < -0.3 is 10.1 Å². The molecule has 0 fully saturated rings. The van der Waals surface area contributed by atoms with Crippen LogP contribution in [0.2, 0.25) is 0 Å². The zero-order valence-electron chi connectivity index (χ0n) is 11.1. The van der Waals surface area contributed by atoms with Crippen molar-refractivity contribution in [2.24, 2.45) is 0 Å². The van der Waals surface area contributed by atoms with Crippen LogP contribution in [0.15, 0.2) is 35.4 Å². The van der Waals surface area contributed by atoms with Crippen LogP contribution in [0.1, 0.15) is 11.1 Å². The summed E-state index contributed by atoms with van der Waals surface area (Å²) < 4.78 is 0. The number of benzene rings is 1. The predicted molar refractivity (Wildman–Crippen MR) is 76.7 cm³/mol. The summed E-state index contributed by atoms with van der Waals surface area (Å²) in [5, 5.41) is 10.4. The van der Waals surface area contributed by atoms with E-state index in [0.717, 1.165) is 11.1 Å². The van der Waals surface area contributed by atoms with Gasteiger partial charge in [0.2, 0.25) is 0 Å². The minimum Gasteiger partial charge on any atom is -0.505 e. The summed E-state index contributed by atoms with van der Waals surface area (Å²) in [4.78, 5) is 23.0. The van der Waals surface area contributed by atoms with Crippen LogP contribution < -0.4 is 5.56 Å². The summed E-state index contributed by atoms with van der Waals surface area (Å²) in [6.07, 6.45) is 2.95. The first-order valence-corrected chi connectivity index (χ1v) is 6.21. The highest BCUT2D eigenvalue weighted by Crippen LogP contribution is 2.32. The molecule has 0 amide bonds. The van der Waals surface area contributed by atoms with Crippen LogP contribution in [0.5, 0.6) is 5.75 Å². The maximum atomic E-state index is 12.2. The molecule has 3 aromatic rings. The summed E-state index contributed by atoms with van der Waals surface area (Å²) in [6.45, 7) is 3.84. The Labute approximate surface area is 115 Å². The fourth-order valence-electron chi connectivity index (χ4n) is 2.25. The van der Waals surface area contributed by atoms with E-state index in [9.17, 15) is 9.90 Å². The standard InChI is InChI=1S/C15H13N3O2/c1-8-3-4-9(2)10(7-8)11-13(19)12-14(18-15(11)20)17-6-5-16-12/h3-7H,1-2H3,(H2,17,18,19,20). The van der Waals surface area contributed by atoms with Crippen LogP contribution >= 0.6 is 0 Å². The van der Waals surface area contributed by atoms with E-state index in [1.807, 2.05) is 32.0 Å². The van der Waals surface area contributed by atoms with E-state index in [1.165, 1.54) is 12.4 Å². The van der Waals surface area contributed by atoms with Crippen LogP contribution in [-0.4, -0.2) is 20.1 Å². The summed E-state index contributed by atoms with van der Waals surface area (Å²) in [5.41, 5.74) is 3.08. The van der Waals surface area contributed by atoms with Crippen molar-refractivity contribution < 1.29 is 5.11 Å². The van der Waals surface area contributed by atoms with Crippen LogP contribution in [0.25, 0.3) is 22.3 Å². The Morgan fingerprint density at radius 3 is 2.70 bits per heavy atom. The van der Waals surface area contributed by atoms with Crippen molar-refractivity contribution in [1.29, 1.82) is 0 Å².